The van der Waals surface area contributed by atoms with Crippen molar-refractivity contribution in [3.8, 4) is 5.75 Å². The van der Waals surface area contributed by atoms with E-state index < -0.39 is 0 Å². The standard InChI is InChI=1S/C18H27N3O2.HI/c1-2-19-18(21-16-13-15-9-10-17(16)23-15)20-11-6-12-22-14-7-4-3-5-8-14;/h3-5,7-8,15-17H,2,6,9-13H2,1H3,(H2,19,20,21);1H. The second-order valence-electron chi connectivity index (χ2n) is 6.14. The Morgan fingerprint density at radius 2 is 2.12 bits per heavy atom. The van der Waals surface area contributed by atoms with Crippen molar-refractivity contribution in [1.82, 2.24) is 10.6 Å². The van der Waals surface area contributed by atoms with Crippen LogP contribution in [-0.2, 0) is 4.74 Å². The Bertz CT molecular complexity index is 512. The molecule has 2 fully saturated rings. The molecular weight excluding hydrogens is 417 g/mol. The van der Waals surface area contributed by atoms with Crippen LogP contribution in [0.2, 0.25) is 0 Å². The van der Waals surface area contributed by atoms with E-state index in [0.29, 0.717) is 24.9 Å². The maximum absolute atomic E-state index is 5.89. The van der Waals surface area contributed by atoms with Gasteiger partial charge in [-0.15, -0.1) is 24.0 Å². The van der Waals surface area contributed by atoms with Gasteiger partial charge >= 0.3 is 0 Å². The number of guanidine groups is 1. The Morgan fingerprint density at radius 3 is 2.79 bits per heavy atom. The summed E-state index contributed by atoms with van der Waals surface area (Å²) in [6.07, 6.45) is 5.22. The summed E-state index contributed by atoms with van der Waals surface area (Å²) in [5, 5.41) is 6.85. The van der Waals surface area contributed by atoms with Gasteiger partial charge in [-0.2, -0.15) is 0 Å². The number of nitrogens with zero attached hydrogens (tertiary/aromatic N) is 1. The highest BCUT2D eigenvalue weighted by atomic mass is 127. The molecule has 134 valence electrons. The molecule has 3 atom stereocenters. The van der Waals surface area contributed by atoms with Crippen LogP contribution in [-0.4, -0.2) is 43.9 Å². The summed E-state index contributed by atoms with van der Waals surface area (Å²) in [6.45, 7) is 4.40. The Kier molecular flexibility index (Phi) is 8.11. The van der Waals surface area contributed by atoms with E-state index >= 15 is 0 Å². The van der Waals surface area contributed by atoms with Crippen LogP contribution in [0.15, 0.2) is 35.3 Å². The molecular formula is C18H28IN3O2. The quantitative estimate of drug-likeness (QED) is 0.293. The summed E-state index contributed by atoms with van der Waals surface area (Å²) < 4.78 is 11.6. The highest BCUT2D eigenvalue weighted by molar-refractivity contribution is 14.0. The fourth-order valence-corrected chi connectivity index (χ4v) is 3.25. The second kappa shape index (κ2) is 10.1. The minimum atomic E-state index is 0. The molecule has 6 heteroatoms. The molecule has 1 aromatic rings. The van der Waals surface area contributed by atoms with Gasteiger partial charge < -0.3 is 20.1 Å². The lowest BCUT2D eigenvalue weighted by atomic mass is 9.96. The lowest BCUT2D eigenvalue weighted by Crippen LogP contribution is -2.47. The van der Waals surface area contributed by atoms with Crippen molar-refractivity contribution in [3.63, 3.8) is 0 Å². The number of hydrogen-bond donors (Lipinski definition) is 2. The third kappa shape index (κ3) is 5.51. The summed E-state index contributed by atoms with van der Waals surface area (Å²) in [7, 11) is 0. The number of para-hydroxylation sites is 1. The SMILES string of the molecule is CCNC(=NCCCOc1ccccc1)NC1CC2CCC1O2.I. The average molecular weight is 445 g/mol. The predicted molar refractivity (Wildman–Crippen MR) is 107 cm³/mol. The summed E-state index contributed by atoms with van der Waals surface area (Å²) in [5.74, 6) is 1.81. The molecule has 24 heavy (non-hydrogen) atoms. The van der Waals surface area contributed by atoms with Crippen LogP contribution in [0.25, 0.3) is 0 Å². The van der Waals surface area contributed by atoms with Gasteiger partial charge in [0.2, 0.25) is 0 Å². The molecule has 3 unspecified atom stereocenters. The summed E-state index contributed by atoms with van der Waals surface area (Å²) in [6, 6.07) is 10.3. The fraction of sp³-hybridized carbons (Fsp3) is 0.611. The van der Waals surface area contributed by atoms with Crippen molar-refractivity contribution in [2.75, 3.05) is 19.7 Å². The molecule has 2 N–H and O–H groups in total. The van der Waals surface area contributed by atoms with E-state index in [0.717, 1.165) is 37.6 Å². The lowest BCUT2D eigenvalue weighted by Gasteiger charge is -2.22. The minimum Gasteiger partial charge on any atom is -0.494 e. The van der Waals surface area contributed by atoms with E-state index in [1.165, 1.54) is 12.8 Å². The predicted octanol–water partition coefficient (Wildman–Crippen LogP) is 2.95. The molecule has 0 spiro atoms. The first-order chi connectivity index (χ1) is 11.3. The number of ether oxygens (including phenoxy) is 2. The Morgan fingerprint density at radius 1 is 1.29 bits per heavy atom. The molecule has 0 aliphatic carbocycles. The number of fused-ring (bicyclic) bond motifs is 2. The van der Waals surface area contributed by atoms with Crippen LogP contribution < -0.4 is 15.4 Å². The van der Waals surface area contributed by atoms with Crippen molar-refractivity contribution in [3.05, 3.63) is 30.3 Å². The molecule has 2 aliphatic heterocycles. The van der Waals surface area contributed by atoms with E-state index in [4.69, 9.17) is 9.47 Å². The molecule has 1 aromatic carbocycles. The van der Waals surface area contributed by atoms with Crippen LogP contribution in [0.4, 0.5) is 0 Å². The highest BCUT2D eigenvalue weighted by Crippen LogP contribution is 2.34. The fourth-order valence-electron chi connectivity index (χ4n) is 3.25. The molecule has 2 bridgehead atoms. The molecule has 3 rings (SSSR count). The number of nitrogens with one attached hydrogen (secondary N) is 2. The Labute approximate surface area is 161 Å². The highest BCUT2D eigenvalue weighted by Gasteiger charge is 2.41. The van der Waals surface area contributed by atoms with Crippen LogP contribution in [0.1, 0.15) is 32.6 Å². The molecule has 0 amide bonds. The summed E-state index contributed by atoms with van der Waals surface area (Å²) in [5.41, 5.74) is 0. The van der Waals surface area contributed by atoms with Crippen molar-refractivity contribution < 1.29 is 9.47 Å². The van der Waals surface area contributed by atoms with Gasteiger partial charge in [0.15, 0.2) is 5.96 Å². The first kappa shape index (κ1) is 19.3. The summed E-state index contributed by atoms with van der Waals surface area (Å²) in [4.78, 5) is 4.65. The third-order valence-corrected chi connectivity index (χ3v) is 4.36. The minimum absolute atomic E-state index is 0. The normalized spacial score (nSPS) is 25.2. The Balaban J connectivity index is 0.00000208. The molecule has 0 saturated carbocycles. The van der Waals surface area contributed by atoms with E-state index in [-0.39, 0.29) is 24.0 Å². The van der Waals surface area contributed by atoms with Crippen molar-refractivity contribution >= 4 is 29.9 Å². The van der Waals surface area contributed by atoms with Crippen LogP contribution in [0.3, 0.4) is 0 Å². The molecule has 2 heterocycles. The monoisotopic (exact) mass is 445 g/mol. The Hall–Kier alpha value is -1.02. The van der Waals surface area contributed by atoms with Gasteiger partial charge in [-0.25, -0.2) is 0 Å². The summed E-state index contributed by atoms with van der Waals surface area (Å²) >= 11 is 0. The maximum Gasteiger partial charge on any atom is 0.191 e. The topological polar surface area (TPSA) is 54.9 Å². The van der Waals surface area contributed by atoms with Gasteiger partial charge in [0.05, 0.1) is 24.9 Å². The number of hydrogen-bond acceptors (Lipinski definition) is 3. The van der Waals surface area contributed by atoms with Gasteiger partial charge in [-0.3, -0.25) is 4.99 Å². The van der Waals surface area contributed by atoms with E-state index in [9.17, 15) is 0 Å². The van der Waals surface area contributed by atoms with Crippen LogP contribution in [0, 0.1) is 0 Å². The van der Waals surface area contributed by atoms with E-state index in [1.54, 1.807) is 0 Å². The molecule has 2 aliphatic rings. The van der Waals surface area contributed by atoms with Crippen molar-refractivity contribution in [1.29, 1.82) is 0 Å². The smallest absolute Gasteiger partial charge is 0.191 e. The number of rotatable bonds is 7. The largest absolute Gasteiger partial charge is 0.494 e. The molecule has 2 saturated heterocycles. The first-order valence-corrected chi connectivity index (χ1v) is 8.73. The van der Waals surface area contributed by atoms with Crippen molar-refractivity contribution in [2.24, 2.45) is 4.99 Å². The molecule has 5 nitrogen and oxygen atoms in total. The van der Waals surface area contributed by atoms with E-state index in [2.05, 4.69) is 22.5 Å². The second-order valence-corrected chi connectivity index (χ2v) is 6.14. The van der Waals surface area contributed by atoms with E-state index in [1.807, 2.05) is 30.3 Å². The van der Waals surface area contributed by atoms with Gasteiger partial charge in [0, 0.05) is 19.5 Å². The molecule has 0 radical (unpaired) electrons. The van der Waals surface area contributed by atoms with Gasteiger partial charge in [-0.1, -0.05) is 18.2 Å². The zero-order chi connectivity index (χ0) is 15.9. The van der Waals surface area contributed by atoms with Crippen molar-refractivity contribution in [2.45, 2.75) is 50.9 Å². The van der Waals surface area contributed by atoms with Gasteiger partial charge in [0.25, 0.3) is 0 Å². The van der Waals surface area contributed by atoms with Crippen LogP contribution in [0.5, 0.6) is 5.75 Å². The zero-order valence-corrected chi connectivity index (χ0v) is 16.6. The van der Waals surface area contributed by atoms with Crippen LogP contribution >= 0.6 is 24.0 Å². The zero-order valence-electron chi connectivity index (χ0n) is 14.2. The lowest BCUT2D eigenvalue weighted by molar-refractivity contribution is 0.0992. The third-order valence-electron chi connectivity index (χ3n) is 4.36. The first-order valence-electron chi connectivity index (χ1n) is 8.73. The van der Waals surface area contributed by atoms with Gasteiger partial charge in [0.1, 0.15) is 5.75 Å². The maximum atomic E-state index is 5.89. The molecule has 0 aromatic heterocycles. The number of halogens is 1. The number of aliphatic imine (C=N–C) groups is 1. The average Bonchev–Trinajstić information content (AvgIpc) is 3.18. The van der Waals surface area contributed by atoms with Gasteiger partial charge in [-0.05, 0) is 38.3 Å². The number of benzene rings is 1.